The molecule has 0 aromatic heterocycles. The summed E-state index contributed by atoms with van der Waals surface area (Å²) in [6.07, 6.45) is 3.30. The monoisotopic (exact) mass is 190 g/mol. The molecule has 1 aliphatic rings. The molecule has 1 rings (SSSR count). The predicted molar refractivity (Wildman–Crippen MR) is 51.4 cm³/mol. The van der Waals surface area contributed by atoms with Crippen LogP contribution in [-0.2, 0) is 15.7 Å². The first kappa shape index (κ1) is 9.86. The second kappa shape index (κ2) is 4.72. The Labute approximate surface area is 75.7 Å². The lowest BCUT2D eigenvalue weighted by Crippen LogP contribution is -2.32. The zero-order valence-corrected chi connectivity index (χ0v) is 7.98. The highest BCUT2D eigenvalue weighted by Crippen LogP contribution is 2.14. The van der Waals surface area contributed by atoms with E-state index in [4.69, 9.17) is 10.8 Å². The van der Waals surface area contributed by atoms with Gasteiger partial charge in [0.25, 0.3) is 0 Å². The lowest BCUT2D eigenvalue weighted by atomic mass is 10.2. The maximum Gasteiger partial charge on any atom is 0.320 e. The average Bonchev–Trinajstić information content (AvgIpc) is 2.51. The molecule has 3 nitrogen and oxygen atoms in total. The zero-order valence-electron chi connectivity index (χ0n) is 7.16. The van der Waals surface area contributed by atoms with E-state index in [-0.39, 0.29) is 0 Å². The van der Waals surface area contributed by atoms with Gasteiger partial charge in [-0.2, -0.15) is 0 Å². The highest BCUT2D eigenvalue weighted by Gasteiger charge is 2.25. The van der Waals surface area contributed by atoms with Gasteiger partial charge in [0.1, 0.15) is 23.3 Å². The second-order valence-corrected chi connectivity index (χ2v) is 5.61. The van der Waals surface area contributed by atoms with Crippen LogP contribution >= 0.6 is 0 Å². The number of carboxylic acid groups (broad SMARTS) is 1. The summed E-state index contributed by atoms with van der Waals surface area (Å²) < 4.78 is 0. The van der Waals surface area contributed by atoms with Crippen LogP contribution in [0.3, 0.4) is 0 Å². The van der Waals surface area contributed by atoms with Crippen molar-refractivity contribution in [3.63, 3.8) is 0 Å². The normalized spacial score (nSPS) is 21.1. The van der Waals surface area contributed by atoms with Gasteiger partial charge in [0.2, 0.25) is 0 Å². The number of hydrogen-bond acceptors (Lipinski definition) is 2. The molecular formula is C8H16NO2S+. The number of hydrogen-bond donors (Lipinski definition) is 2. The van der Waals surface area contributed by atoms with Gasteiger partial charge in [0.15, 0.2) is 0 Å². The first-order chi connectivity index (χ1) is 5.70. The number of aliphatic carboxylic acids is 1. The molecule has 0 spiro atoms. The Bertz CT molecular complexity index is 157. The third-order valence-electron chi connectivity index (χ3n) is 2.15. The highest BCUT2D eigenvalue weighted by molar-refractivity contribution is 7.97. The SMILES string of the molecule is NC(CC[S+]1CCCC1)C(=O)O. The van der Waals surface area contributed by atoms with Crippen molar-refractivity contribution in [1.29, 1.82) is 0 Å². The fraction of sp³-hybridized carbons (Fsp3) is 0.875. The molecule has 1 atom stereocenters. The fourth-order valence-corrected chi connectivity index (χ4v) is 3.76. The summed E-state index contributed by atoms with van der Waals surface area (Å²) in [6.45, 7) is 0. The van der Waals surface area contributed by atoms with E-state index < -0.39 is 12.0 Å². The van der Waals surface area contributed by atoms with Crippen molar-refractivity contribution in [2.24, 2.45) is 5.73 Å². The van der Waals surface area contributed by atoms with Crippen LogP contribution in [0.4, 0.5) is 0 Å². The average molecular weight is 190 g/mol. The molecule has 0 radical (unpaired) electrons. The molecule has 70 valence electrons. The van der Waals surface area contributed by atoms with Crippen molar-refractivity contribution in [2.75, 3.05) is 17.3 Å². The molecule has 1 unspecified atom stereocenters. The lowest BCUT2D eigenvalue weighted by molar-refractivity contribution is -0.138. The Hall–Kier alpha value is -0.220. The van der Waals surface area contributed by atoms with Gasteiger partial charge in [-0.25, -0.2) is 0 Å². The molecule has 0 aliphatic carbocycles. The second-order valence-electron chi connectivity index (χ2n) is 3.17. The van der Waals surface area contributed by atoms with Crippen LogP contribution in [0.25, 0.3) is 0 Å². The first-order valence-corrected chi connectivity index (χ1v) is 6.06. The number of rotatable bonds is 4. The predicted octanol–water partition coefficient (Wildman–Crippen LogP) is 0.200. The number of carboxylic acids is 1. The lowest BCUT2D eigenvalue weighted by Gasteiger charge is -2.04. The van der Waals surface area contributed by atoms with Gasteiger partial charge >= 0.3 is 5.97 Å². The Morgan fingerprint density at radius 1 is 1.50 bits per heavy atom. The number of nitrogens with two attached hydrogens (primary N) is 1. The Morgan fingerprint density at radius 2 is 2.08 bits per heavy atom. The molecule has 1 heterocycles. The molecule has 1 saturated heterocycles. The van der Waals surface area contributed by atoms with E-state index in [1.165, 1.54) is 24.3 Å². The summed E-state index contributed by atoms with van der Waals surface area (Å²) in [6, 6.07) is -0.641. The molecule has 3 N–H and O–H groups in total. The molecule has 0 saturated carbocycles. The quantitative estimate of drug-likeness (QED) is 0.622. The van der Waals surface area contributed by atoms with Gasteiger partial charge in [-0.1, -0.05) is 0 Å². The largest absolute Gasteiger partial charge is 0.480 e. The van der Waals surface area contributed by atoms with Crippen LogP contribution in [-0.4, -0.2) is 34.4 Å². The summed E-state index contributed by atoms with van der Waals surface area (Å²) in [4.78, 5) is 10.4. The Balaban J connectivity index is 2.11. The van der Waals surface area contributed by atoms with Gasteiger partial charge in [-0.15, -0.1) is 0 Å². The van der Waals surface area contributed by atoms with Crippen LogP contribution in [0.15, 0.2) is 0 Å². The molecule has 1 aliphatic heterocycles. The van der Waals surface area contributed by atoms with Crippen molar-refractivity contribution in [2.45, 2.75) is 25.3 Å². The fourth-order valence-electron chi connectivity index (χ4n) is 1.34. The minimum absolute atomic E-state index is 0.492. The maximum atomic E-state index is 10.4. The minimum atomic E-state index is -0.863. The summed E-state index contributed by atoms with van der Waals surface area (Å²) in [5.41, 5.74) is 5.40. The Morgan fingerprint density at radius 3 is 2.58 bits per heavy atom. The third-order valence-corrected chi connectivity index (χ3v) is 4.70. The van der Waals surface area contributed by atoms with Crippen LogP contribution in [0.1, 0.15) is 19.3 Å². The summed E-state index contributed by atoms with van der Waals surface area (Å²) in [7, 11) is 0.492. The van der Waals surface area contributed by atoms with Gasteiger partial charge < -0.3 is 10.8 Å². The van der Waals surface area contributed by atoms with Gasteiger partial charge in [-0.3, -0.25) is 4.79 Å². The van der Waals surface area contributed by atoms with E-state index >= 15 is 0 Å². The standard InChI is InChI=1S/C8H15NO2S/c9-7(8(10)11)3-6-12-4-1-2-5-12/h7H,1-6,9H2/p+1. The minimum Gasteiger partial charge on any atom is -0.480 e. The van der Waals surface area contributed by atoms with E-state index in [0.717, 1.165) is 5.75 Å². The van der Waals surface area contributed by atoms with Crippen LogP contribution < -0.4 is 5.73 Å². The highest BCUT2D eigenvalue weighted by atomic mass is 32.2. The van der Waals surface area contributed by atoms with Gasteiger partial charge in [0, 0.05) is 6.42 Å². The van der Waals surface area contributed by atoms with Crippen LogP contribution in [0.5, 0.6) is 0 Å². The smallest absolute Gasteiger partial charge is 0.320 e. The number of carbonyl (C=O) groups is 1. The van der Waals surface area contributed by atoms with Crippen molar-refractivity contribution >= 4 is 16.9 Å². The maximum absolute atomic E-state index is 10.4. The van der Waals surface area contributed by atoms with E-state index in [1.807, 2.05) is 0 Å². The first-order valence-electron chi connectivity index (χ1n) is 4.32. The summed E-state index contributed by atoms with van der Waals surface area (Å²) in [5, 5.41) is 8.53. The molecule has 0 aromatic rings. The molecule has 0 amide bonds. The zero-order chi connectivity index (χ0) is 8.97. The van der Waals surface area contributed by atoms with Crippen LogP contribution in [0.2, 0.25) is 0 Å². The van der Waals surface area contributed by atoms with Crippen molar-refractivity contribution in [3.05, 3.63) is 0 Å². The van der Waals surface area contributed by atoms with Crippen molar-refractivity contribution in [3.8, 4) is 0 Å². The molecule has 0 aromatic carbocycles. The molecular weight excluding hydrogens is 174 g/mol. The molecule has 12 heavy (non-hydrogen) atoms. The van der Waals surface area contributed by atoms with Gasteiger partial charge in [0.05, 0.1) is 0 Å². The van der Waals surface area contributed by atoms with Crippen molar-refractivity contribution in [1.82, 2.24) is 0 Å². The van der Waals surface area contributed by atoms with E-state index in [0.29, 0.717) is 17.3 Å². The summed E-state index contributed by atoms with van der Waals surface area (Å²) in [5.74, 6) is 2.75. The van der Waals surface area contributed by atoms with E-state index in [9.17, 15) is 4.79 Å². The van der Waals surface area contributed by atoms with Gasteiger partial charge in [-0.05, 0) is 23.7 Å². The van der Waals surface area contributed by atoms with Crippen molar-refractivity contribution < 1.29 is 9.90 Å². The molecule has 1 fully saturated rings. The summed E-state index contributed by atoms with van der Waals surface area (Å²) >= 11 is 0. The Kier molecular flexibility index (Phi) is 3.88. The van der Waals surface area contributed by atoms with Crippen LogP contribution in [0, 0.1) is 0 Å². The molecule has 0 bridgehead atoms. The topological polar surface area (TPSA) is 63.3 Å². The molecule has 4 heteroatoms. The third kappa shape index (κ3) is 3.03. The van der Waals surface area contributed by atoms with E-state index in [1.54, 1.807) is 0 Å². The van der Waals surface area contributed by atoms with E-state index in [2.05, 4.69) is 0 Å².